The maximum Gasteiger partial charge on any atom is 0.162 e. The maximum atomic E-state index is 13.4. The van der Waals surface area contributed by atoms with Crippen LogP contribution in [0, 0.1) is 11.6 Å². The second-order valence-corrected chi connectivity index (χ2v) is 5.75. The smallest absolute Gasteiger partial charge is 0.162 e. The summed E-state index contributed by atoms with van der Waals surface area (Å²) in [4.78, 5) is 13.2. The first-order chi connectivity index (χ1) is 12.7. The number of hydrogen-bond acceptors (Lipinski definition) is 4. The molecule has 4 rings (SSSR count). The highest BCUT2D eigenvalue weighted by Crippen LogP contribution is 2.25. The molecule has 0 saturated heterocycles. The van der Waals surface area contributed by atoms with E-state index in [1.807, 2.05) is 36.4 Å². The Morgan fingerprint density at radius 1 is 0.846 bits per heavy atom. The minimum absolute atomic E-state index is 0.313. The van der Waals surface area contributed by atoms with Crippen LogP contribution in [0.5, 0.6) is 0 Å². The van der Waals surface area contributed by atoms with E-state index in [-0.39, 0.29) is 0 Å². The number of para-hydroxylation sites is 1. The molecule has 6 heteroatoms. The number of rotatable bonds is 4. The molecule has 2 heterocycles. The van der Waals surface area contributed by atoms with Crippen molar-refractivity contribution in [1.29, 1.82) is 0 Å². The van der Waals surface area contributed by atoms with Gasteiger partial charge in [0, 0.05) is 29.9 Å². The number of fused-ring (bicyclic) bond motifs is 1. The highest BCUT2D eigenvalue weighted by Gasteiger charge is 2.10. The molecule has 1 N–H and O–H groups in total. The van der Waals surface area contributed by atoms with Crippen LogP contribution in [-0.4, -0.2) is 15.0 Å². The fourth-order valence-electron chi connectivity index (χ4n) is 2.68. The minimum atomic E-state index is -0.866. The fraction of sp³-hybridized carbons (Fsp3) is 0.0500. The number of anilines is 1. The van der Waals surface area contributed by atoms with Crippen LogP contribution in [0.1, 0.15) is 5.56 Å². The summed E-state index contributed by atoms with van der Waals surface area (Å²) in [6.07, 6.45) is 3.37. The molecule has 0 fully saturated rings. The van der Waals surface area contributed by atoms with E-state index in [4.69, 9.17) is 0 Å². The molecule has 0 spiro atoms. The molecule has 0 aliphatic carbocycles. The van der Waals surface area contributed by atoms with Crippen molar-refractivity contribution in [1.82, 2.24) is 15.0 Å². The van der Waals surface area contributed by atoms with Crippen LogP contribution in [0.25, 0.3) is 22.3 Å². The van der Waals surface area contributed by atoms with E-state index in [1.54, 1.807) is 18.5 Å². The summed E-state index contributed by atoms with van der Waals surface area (Å²) in [5.41, 5.74) is 2.26. The molecule has 0 aliphatic rings. The van der Waals surface area contributed by atoms with Crippen LogP contribution in [0.15, 0.2) is 67.0 Å². The lowest BCUT2D eigenvalue weighted by Crippen LogP contribution is -2.05. The molecule has 0 unspecified atom stereocenters. The molecule has 4 aromatic rings. The molecule has 0 atom stereocenters. The first-order valence-electron chi connectivity index (χ1n) is 8.06. The number of nitrogens with one attached hydrogen (secondary N) is 1. The van der Waals surface area contributed by atoms with E-state index in [2.05, 4.69) is 20.3 Å². The van der Waals surface area contributed by atoms with Crippen LogP contribution < -0.4 is 5.32 Å². The van der Waals surface area contributed by atoms with Gasteiger partial charge >= 0.3 is 0 Å². The van der Waals surface area contributed by atoms with E-state index in [0.29, 0.717) is 23.8 Å². The largest absolute Gasteiger partial charge is 0.365 e. The molecule has 26 heavy (non-hydrogen) atoms. The zero-order chi connectivity index (χ0) is 17.9. The van der Waals surface area contributed by atoms with Crippen molar-refractivity contribution in [3.05, 3.63) is 84.2 Å². The van der Waals surface area contributed by atoms with Crippen LogP contribution in [0.3, 0.4) is 0 Å². The lowest BCUT2D eigenvalue weighted by Gasteiger charge is -2.11. The molecule has 0 radical (unpaired) electrons. The molecular weight excluding hydrogens is 334 g/mol. The van der Waals surface area contributed by atoms with Gasteiger partial charge in [-0.2, -0.15) is 0 Å². The Bertz CT molecular complexity index is 1070. The van der Waals surface area contributed by atoms with E-state index in [9.17, 15) is 8.78 Å². The summed E-state index contributed by atoms with van der Waals surface area (Å²) in [6.45, 7) is 0.313. The number of halogens is 2. The second kappa shape index (κ2) is 6.84. The van der Waals surface area contributed by atoms with Gasteiger partial charge in [-0.1, -0.05) is 18.2 Å². The minimum Gasteiger partial charge on any atom is -0.365 e. The van der Waals surface area contributed by atoms with Gasteiger partial charge in [-0.3, -0.25) is 4.98 Å². The molecule has 0 aliphatic heterocycles. The van der Waals surface area contributed by atoms with Gasteiger partial charge in [0.2, 0.25) is 0 Å². The maximum absolute atomic E-state index is 13.4. The quantitative estimate of drug-likeness (QED) is 0.586. The summed E-state index contributed by atoms with van der Waals surface area (Å²) in [5.74, 6) is -0.526. The van der Waals surface area contributed by atoms with Gasteiger partial charge in [0.25, 0.3) is 0 Å². The van der Waals surface area contributed by atoms with Gasteiger partial charge in [0.1, 0.15) is 5.82 Å². The standard InChI is InChI=1S/C20H14F2N4/c21-16-6-5-13(11-17(16)22)12-24-20-15-3-1-2-4-18(15)25-19(26-20)14-7-9-23-10-8-14/h1-11H,12H2,(H,24,25,26). The van der Waals surface area contributed by atoms with Crippen LogP contribution in [-0.2, 0) is 6.54 Å². The van der Waals surface area contributed by atoms with Gasteiger partial charge in [0.05, 0.1) is 5.52 Å². The number of aromatic nitrogens is 3. The summed E-state index contributed by atoms with van der Waals surface area (Å²) < 4.78 is 26.5. The van der Waals surface area contributed by atoms with Crippen molar-refractivity contribution in [2.75, 3.05) is 5.32 Å². The topological polar surface area (TPSA) is 50.7 Å². The molecule has 0 bridgehead atoms. The number of nitrogens with zero attached hydrogens (tertiary/aromatic N) is 3. The average molecular weight is 348 g/mol. The first kappa shape index (κ1) is 16.1. The molecule has 128 valence electrons. The molecular formula is C20H14F2N4. The zero-order valence-corrected chi connectivity index (χ0v) is 13.7. The van der Waals surface area contributed by atoms with E-state index >= 15 is 0 Å². The van der Waals surface area contributed by atoms with Crippen LogP contribution in [0.4, 0.5) is 14.6 Å². The Labute approximate surface area is 148 Å². The van der Waals surface area contributed by atoms with E-state index in [0.717, 1.165) is 22.5 Å². The van der Waals surface area contributed by atoms with Crippen molar-refractivity contribution in [2.45, 2.75) is 6.54 Å². The molecule has 2 aromatic carbocycles. The summed E-state index contributed by atoms with van der Waals surface area (Å²) in [7, 11) is 0. The Morgan fingerprint density at radius 3 is 2.46 bits per heavy atom. The van der Waals surface area contributed by atoms with Crippen molar-refractivity contribution >= 4 is 16.7 Å². The summed E-state index contributed by atoms with van der Waals surface area (Å²) in [5, 5.41) is 4.06. The van der Waals surface area contributed by atoms with E-state index < -0.39 is 11.6 Å². The predicted molar refractivity (Wildman–Crippen MR) is 96.5 cm³/mol. The lowest BCUT2D eigenvalue weighted by atomic mass is 10.2. The third kappa shape index (κ3) is 3.21. The average Bonchev–Trinajstić information content (AvgIpc) is 2.69. The van der Waals surface area contributed by atoms with Gasteiger partial charge in [-0.15, -0.1) is 0 Å². The van der Waals surface area contributed by atoms with Crippen molar-refractivity contribution in [3.63, 3.8) is 0 Å². The van der Waals surface area contributed by atoms with Crippen molar-refractivity contribution < 1.29 is 8.78 Å². The highest BCUT2D eigenvalue weighted by atomic mass is 19.2. The van der Waals surface area contributed by atoms with Gasteiger partial charge < -0.3 is 5.32 Å². The van der Waals surface area contributed by atoms with Crippen LogP contribution in [0.2, 0.25) is 0 Å². The van der Waals surface area contributed by atoms with Gasteiger partial charge in [-0.25, -0.2) is 18.7 Å². The predicted octanol–water partition coefficient (Wildman–Crippen LogP) is 4.58. The fourth-order valence-corrected chi connectivity index (χ4v) is 2.68. The van der Waals surface area contributed by atoms with Crippen molar-refractivity contribution in [2.24, 2.45) is 0 Å². The monoisotopic (exact) mass is 348 g/mol. The highest BCUT2D eigenvalue weighted by molar-refractivity contribution is 5.90. The summed E-state index contributed by atoms with van der Waals surface area (Å²) >= 11 is 0. The Balaban J connectivity index is 1.72. The third-order valence-corrected chi connectivity index (χ3v) is 3.99. The Hall–Kier alpha value is -3.41. The SMILES string of the molecule is Fc1ccc(CNc2nc(-c3ccncc3)nc3ccccc23)cc1F. The van der Waals surface area contributed by atoms with Gasteiger partial charge in [-0.05, 0) is 42.0 Å². The Kier molecular flexibility index (Phi) is 4.23. The van der Waals surface area contributed by atoms with E-state index in [1.165, 1.54) is 6.07 Å². The summed E-state index contributed by atoms with van der Waals surface area (Å²) in [6, 6.07) is 15.1. The zero-order valence-electron chi connectivity index (χ0n) is 13.7. The lowest BCUT2D eigenvalue weighted by molar-refractivity contribution is 0.507. The molecule has 0 saturated carbocycles. The number of pyridine rings is 1. The second-order valence-electron chi connectivity index (χ2n) is 5.75. The van der Waals surface area contributed by atoms with Gasteiger partial charge in [0.15, 0.2) is 17.5 Å². The molecule has 4 nitrogen and oxygen atoms in total. The number of benzene rings is 2. The molecule has 2 aromatic heterocycles. The third-order valence-electron chi connectivity index (χ3n) is 3.99. The van der Waals surface area contributed by atoms with Crippen LogP contribution >= 0.6 is 0 Å². The molecule has 0 amide bonds. The number of hydrogen-bond donors (Lipinski definition) is 1. The normalized spacial score (nSPS) is 10.8. The Morgan fingerprint density at radius 2 is 1.65 bits per heavy atom. The first-order valence-corrected chi connectivity index (χ1v) is 8.06. The van der Waals surface area contributed by atoms with Crippen molar-refractivity contribution in [3.8, 4) is 11.4 Å².